The van der Waals surface area contributed by atoms with Crippen molar-refractivity contribution in [2.45, 2.75) is 5.16 Å². The van der Waals surface area contributed by atoms with E-state index in [-0.39, 0.29) is 46.0 Å². The molecule has 0 aliphatic rings. The van der Waals surface area contributed by atoms with E-state index in [9.17, 15) is 9.59 Å². The van der Waals surface area contributed by atoms with Crippen molar-refractivity contribution in [3.8, 4) is 0 Å². The number of hydrogen-bond donors (Lipinski definition) is 2. The van der Waals surface area contributed by atoms with Crippen LogP contribution in [-0.2, 0) is 12.6 Å². The van der Waals surface area contributed by atoms with Crippen molar-refractivity contribution >= 4 is 47.9 Å². The molecular weight excluding hydrogens is 387 g/mol. The summed E-state index contributed by atoms with van der Waals surface area (Å²) in [4.78, 5) is 35.0. The molecule has 0 saturated heterocycles. The third-order valence-corrected chi connectivity index (χ3v) is 2.70. The van der Waals surface area contributed by atoms with Gasteiger partial charge in [-0.1, -0.05) is 11.8 Å². The zero-order valence-corrected chi connectivity index (χ0v) is 17.4. The van der Waals surface area contributed by atoms with Crippen molar-refractivity contribution in [2.75, 3.05) is 12.5 Å². The Morgan fingerprint density at radius 2 is 1.29 bits per heavy atom. The summed E-state index contributed by atoms with van der Waals surface area (Å²) in [7, 11) is 0. The van der Waals surface area contributed by atoms with E-state index < -0.39 is 11.9 Å². The minimum absolute atomic E-state index is 0. The summed E-state index contributed by atoms with van der Waals surface area (Å²) in [6, 6.07) is 0. The zero-order valence-electron chi connectivity index (χ0n) is 13.0. The third kappa shape index (κ3) is 10.1. The van der Waals surface area contributed by atoms with Gasteiger partial charge in [-0.25, -0.2) is 29.5 Å². The third-order valence-electron chi connectivity index (χ3n) is 1.92. The molecule has 2 N–H and O–H groups in total. The largest absolute Gasteiger partial charge is 1.00 e. The molecule has 0 aliphatic heterocycles. The first-order chi connectivity index (χ1) is 10.9. The maximum absolute atomic E-state index is 10.3. The zero-order chi connectivity index (χ0) is 17.8. The number of nitrogens with zero attached hydrogens (tertiary/aromatic N) is 4. The first-order valence-corrected chi connectivity index (χ1v) is 8.07. The van der Waals surface area contributed by atoms with Crippen LogP contribution in [0.3, 0.4) is 0 Å². The predicted octanol–water partition coefficient (Wildman–Crippen LogP) is -1.11. The average Bonchev–Trinajstić information content (AvgIpc) is 2.57. The van der Waals surface area contributed by atoms with Crippen molar-refractivity contribution in [1.29, 1.82) is 0 Å². The molecule has 12 heteroatoms. The first kappa shape index (κ1) is 25.3. The summed E-state index contributed by atoms with van der Waals surface area (Å²) in [6.07, 6.45) is 8.30. The van der Waals surface area contributed by atoms with Gasteiger partial charge in [0.2, 0.25) is 5.28 Å². The quantitative estimate of drug-likeness (QED) is 0.284. The molecule has 0 bridgehead atoms. The van der Waals surface area contributed by atoms with Crippen LogP contribution in [-0.4, -0.2) is 54.6 Å². The van der Waals surface area contributed by atoms with Crippen molar-refractivity contribution in [3.63, 3.8) is 0 Å². The molecule has 0 fully saturated rings. The van der Waals surface area contributed by atoms with Gasteiger partial charge in [0.1, 0.15) is 0 Å². The fraction of sp³-hybridized carbons (Fsp3) is 0.167. The van der Waals surface area contributed by atoms with Crippen LogP contribution in [0.1, 0.15) is 20.7 Å². The summed E-state index contributed by atoms with van der Waals surface area (Å²) < 4.78 is 0. The van der Waals surface area contributed by atoms with Gasteiger partial charge in [0.25, 0.3) is 0 Å². The average molecular weight is 399 g/mol. The molecule has 2 rings (SSSR count). The molecule has 0 saturated carbocycles. The molecule has 0 aromatic carbocycles. The normalized spacial score (nSPS) is 8.50. The molecule has 2 aromatic heterocycles. The molecule has 0 radical (unpaired) electrons. The number of thioether (sulfide) groups is 1. The minimum Gasteiger partial charge on any atom is -0.796 e. The number of carbonyl (C=O) groups is 2. The Morgan fingerprint density at radius 3 is 1.58 bits per heavy atom. The standard InChI is InChI=1S/C6H6N2O2S.C5H3ClN2O2.CH4S.Na/c1-11-6-7-2-4(3-8-6)5(9)10;6-5-7-1-3(2-8-5)4(9)10;1-2;/h2-3H,1H3,(H,9,10);1-2H,(H,9,10);2H,1H3;/q;;;+1/p-1. The van der Waals surface area contributed by atoms with E-state index in [1.165, 1.54) is 24.2 Å². The van der Waals surface area contributed by atoms with Crippen molar-refractivity contribution < 1.29 is 49.4 Å². The fourth-order valence-corrected chi connectivity index (χ4v) is 1.37. The van der Waals surface area contributed by atoms with Gasteiger partial charge in [-0.15, -0.1) is 0 Å². The van der Waals surface area contributed by atoms with Crippen LogP contribution in [0.15, 0.2) is 29.9 Å². The number of carboxylic acid groups (broad SMARTS) is 2. The number of carboxylic acids is 2. The van der Waals surface area contributed by atoms with E-state index >= 15 is 0 Å². The Labute approximate surface area is 175 Å². The molecule has 124 valence electrons. The summed E-state index contributed by atoms with van der Waals surface area (Å²) in [5.74, 6) is -2.06. The van der Waals surface area contributed by atoms with Gasteiger partial charge in [0.05, 0.1) is 11.1 Å². The number of aromatic nitrogens is 4. The van der Waals surface area contributed by atoms with Crippen molar-refractivity contribution in [1.82, 2.24) is 19.9 Å². The van der Waals surface area contributed by atoms with Crippen molar-refractivity contribution in [3.05, 3.63) is 41.2 Å². The van der Waals surface area contributed by atoms with E-state index in [1.54, 1.807) is 6.26 Å². The van der Waals surface area contributed by atoms with E-state index in [0.717, 1.165) is 12.4 Å². The number of halogens is 1. The summed E-state index contributed by atoms with van der Waals surface area (Å²) in [5.41, 5.74) is 0.146. The van der Waals surface area contributed by atoms with Crippen molar-refractivity contribution in [2.24, 2.45) is 0 Å². The molecule has 24 heavy (non-hydrogen) atoms. The topological polar surface area (TPSA) is 126 Å². The molecule has 8 nitrogen and oxygen atoms in total. The van der Waals surface area contributed by atoms with Gasteiger partial charge in [-0.3, -0.25) is 0 Å². The second-order valence-corrected chi connectivity index (χ2v) is 4.42. The van der Waals surface area contributed by atoms with Crippen LogP contribution in [0.5, 0.6) is 0 Å². The van der Waals surface area contributed by atoms with Gasteiger partial charge in [0, 0.05) is 24.8 Å². The molecular formula is C12H12ClN4NaO4S2. The fourth-order valence-electron chi connectivity index (χ4n) is 0.955. The van der Waals surface area contributed by atoms with Gasteiger partial charge < -0.3 is 22.8 Å². The molecule has 0 spiro atoms. The monoisotopic (exact) mass is 398 g/mol. The van der Waals surface area contributed by atoms with Crippen LogP contribution in [0.25, 0.3) is 0 Å². The molecule has 0 unspecified atom stereocenters. The Balaban J connectivity index is 0. The van der Waals surface area contributed by atoms with Gasteiger partial charge in [-0.05, 0) is 17.9 Å². The van der Waals surface area contributed by atoms with Gasteiger partial charge in [-0.2, -0.15) is 6.26 Å². The molecule has 0 aliphatic carbocycles. The number of hydrogen-bond acceptors (Lipinski definition) is 8. The van der Waals surface area contributed by atoms with Crippen LogP contribution in [0, 0.1) is 0 Å². The van der Waals surface area contributed by atoms with Crippen LogP contribution < -0.4 is 29.6 Å². The minimum atomic E-state index is -1.06. The Bertz CT molecular complexity index is 632. The Kier molecular flexibility index (Phi) is 15.2. The van der Waals surface area contributed by atoms with Gasteiger partial charge >= 0.3 is 41.5 Å². The second-order valence-electron chi connectivity index (χ2n) is 3.31. The van der Waals surface area contributed by atoms with E-state index in [2.05, 4.69) is 32.6 Å². The van der Waals surface area contributed by atoms with E-state index in [0.29, 0.717) is 5.16 Å². The molecule has 0 atom stereocenters. The predicted molar refractivity (Wildman–Crippen MR) is 88.1 cm³/mol. The Morgan fingerprint density at radius 1 is 0.958 bits per heavy atom. The first-order valence-electron chi connectivity index (χ1n) is 5.65. The summed E-state index contributed by atoms with van der Waals surface area (Å²) in [5, 5.41) is 17.4. The second kappa shape index (κ2) is 14.4. The van der Waals surface area contributed by atoms with E-state index in [4.69, 9.17) is 21.8 Å². The van der Waals surface area contributed by atoms with Crippen LogP contribution in [0.2, 0.25) is 5.28 Å². The number of rotatable bonds is 3. The summed E-state index contributed by atoms with van der Waals surface area (Å²) in [6.45, 7) is 0. The maximum Gasteiger partial charge on any atom is 1.00 e. The van der Waals surface area contributed by atoms with E-state index in [1.807, 2.05) is 6.26 Å². The summed E-state index contributed by atoms with van der Waals surface area (Å²) >= 11 is 10.8. The smallest absolute Gasteiger partial charge is 0.796 e. The maximum atomic E-state index is 10.3. The number of aromatic carboxylic acids is 2. The van der Waals surface area contributed by atoms with Crippen LogP contribution >= 0.6 is 23.4 Å². The van der Waals surface area contributed by atoms with Gasteiger partial charge in [0.15, 0.2) is 5.16 Å². The van der Waals surface area contributed by atoms with Crippen LogP contribution in [0.4, 0.5) is 0 Å². The molecule has 2 aromatic rings. The molecule has 0 amide bonds. The SMILES string of the molecule is CSc1ncc(C(=O)O)cn1.C[S-].O=C(O)c1cnc(Cl)nc1.[Na+]. The molecule has 2 heterocycles. The Hall–Kier alpha value is -0.910.